The molecule has 0 amide bonds. The second kappa shape index (κ2) is 3.99. The van der Waals surface area contributed by atoms with Crippen molar-refractivity contribution in [3.63, 3.8) is 0 Å². The highest BCUT2D eigenvalue weighted by molar-refractivity contribution is 6.30. The molecule has 0 aliphatic rings. The van der Waals surface area contributed by atoms with Crippen molar-refractivity contribution in [1.82, 2.24) is 4.98 Å². The van der Waals surface area contributed by atoms with Crippen molar-refractivity contribution in [2.45, 2.75) is 6.92 Å². The molecule has 2 aromatic rings. The molecule has 0 aliphatic heterocycles. The summed E-state index contributed by atoms with van der Waals surface area (Å²) < 4.78 is 13.6. The zero-order valence-electron chi connectivity index (χ0n) is 8.17. The highest BCUT2D eigenvalue weighted by atomic mass is 35.5. The van der Waals surface area contributed by atoms with Gasteiger partial charge in [0, 0.05) is 23.0 Å². The summed E-state index contributed by atoms with van der Waals surface area (Å²) in [6.07, 6.45) is 3.36. The fraction of sp³-hybridized carbons (Fsp3) is 0.0833. The molecular formula is C12H9ClFN. The number of aryl methyl sites for hydroxylation is 1. The van der Waals surface area contributed by atoms with E-state index in [0.29, 0.717) is 10.6 Å². The van der Waals surface area contributed by atoms with Crippen molar-refractivity contribution in [3.8, 4) is 11.1 Å². The SMILES string of the molecule is Cc1cnccc1-c1ccc(Cl)cc1F. The van der Waals surface area contributed by atoms with Gasteiger partial charge in [0.25, 0.3) is 0 Å². The maximum absolute atomic E-state index is 13.6. The van der Waals surface area contributed by atoms with Gasteiger partial charge in [-0.05, 0) is 42.3 Å². The lowest BCUT2D eigenvalue weighted by atomic mass is 10.0. The second-order valence-corrected chi connectivity index (χ2v) is 3.75. The van der Waals surface area contributed by atoms with Crippen molar-refractivity contribution in [2.24, 2.45) is 0 Å². The fourth-order valence-electron chi connectivity index (χ4n) is 1.48. The van der Waals surface area contributed by atoms with E-state index >= 15 is 0 Å². The van der Waals surface area contributed by atoms with E-state index in [-0.39, 0.29) is 5.82 Å². The van der Waals surface area contributed by atoms with E-state index in [4.69, 9.17) is 11.6 Å². The molecule has 0 atom stereocenters. The van der Waals surface area contributed by atoms with Crippen LogP contribution < -0.4 is 0 Å². The van der Waals surface area contributed by atoms with Crippen LogP contribution in [0.5, 0.6) is 0 Å². The Morgan fingerprint density at radius 2 is 2.00 bits per heavy atom. The van der Waals surface area contributed by atoms with Gasteiger partial charge in [-0.3, -0.25) is 4.98 Å². The molecule has 0 radical (unpaired) electrons. The van der Waals surface area contributed by atoms with Crippen molar-refractivity contribution in [3.05, 3.63) is 53.1 Å². The first-order valence-corrected chi connectivity index (χ1v) is 4.92. The fourth-order valence-corrected chi connectivity index (χ4v) is 1.64. The topological polar surface area (TPSA) is 12.9 Å². The lowest BCUT2D eigenvalue weighted by Crippen LogP contribution is -1.88. The Balaban J connectivity index is 2.60. The molecular weight excluding hydrogens is 213 g/mol. The van der Waals surface area contributed by atoms with E-state index in [1.807, 2.05) is 6.92 Å². The summed E-state index contributed by atoms with van der Waals surface area (Å²) in [5, 5.41) is 0.406. The summed E-state index contributed by atoms with van der Waals surface area (Å²) in [6.45, 7) is 1.90. The molecule has 15 heavy (non-hydrogen) atoms. The zero-order chi connectivity index (χ0) is 10.8. The minimum Gasteiger partial charge on any atom is -0.264 e. The van der Waals surface area contributed by atoms with Crippen LogP contribution in [0.2, 0.25) is 5.02 Å². The third-order valence-electron chi connectivity index (χ3n) is 2.24. The predicted octanol–water partition coefficient (Wildman–Crippen LogP) is 3.85. The van der Waals surface area contributed by atoms with Crippen molar-refractivity contribution < 1.29 is 4.39 Å². The lowest BCUT2D eigenvalue weighted by Gasteiger charge is -2.06. The molecule has 0 saturated heterocycles. The average Bonchev–Trinajstić information content (AvgIpc) is 2.20. The first-order chi connectivity index (χ1) is 7.18. The highest BCUT2D eigenvalue weighted by Crippen LogP contribution is 2.27. The predicted molar refractivity (Wildman–Crippen MR) is 59.4 cm³/mol. The van der Waals surface area contributed by atoms with Gasteiger partial charge in [-0.1, -0.05) is 11.6 Å². The summed E-state index contributed by atoms with van der Waals surface area (Å²) in [5.41, 5.74) is 2.34. The van der Waals surface area contributed by atoms with Crippen LogP contribution in [0.4, 0.5) is 4.39 Å². The third kappa shape index (κ3) is 2.00. The molecule has 0 spiro atoms. The molecule has 1 aromatic carbocycles. The van der Waals surface area contributed by atoms with E-state index < -0.39 is 0 Å². The molecule has 1 aromatic heterocycles. The molecule has 1 nitrogen and oxygen atoms in total. The molecule has 0 fully saturated rings. The first-order valence-electron chi connectivity index (χ1n) is 4.54. The quantitative estimate of drug-likeness (QED) is 0.713. The van der Waals surface area contributed by atoms with Crippen molar-refractivity contribution >= 4 is 11.6 Å². The molecule has 3 heteroatoms. The maximum Gasteiger partial charge on any atom is 0.132 e. The van der Waals surface area contributed by atoms with Crippen LogP contribution in [0.3, 0.4) is 0 Å². The monoisotopic (exact) mass is 221 g/mol. The Morgan fingerprint density at radius 3 is 2.67 bits per heavy atom. The maximum atomic E-state index is 13.6. The molecule has 0 aliphatic carbocycles. The molecule has 1 heterocycles. The number of nitrogens with zero attached hydrogens (tertiary/aromatic N) is 1. The van der Waals surface area contributed by atoms with Gasteiger partial charge in [-0.2, -0.15) is 0 Å². The van der Waals surface area contributed by atoms with Gasteiger partial charge in [0.15, 0.2) is 0 Å². The molecule has 0 saturated carbocycles. The third-order valence-corrected chi connectivity index (χ3v) is 2.48. The summed E-state index contributed by atoms with van der Waals surface area (Å²) in [4.78, 5) is 3.97. The van der Waals surface area contributed by atoms with Crippen LogP contribution in [0.15, 0.2) is 36.7 Å². The number of benzene rings is 1. The van der Waals surface area contributed by atoms with Gasteiger partial charge in [0.1, 0.15) is 5.82 Å². The number of pyridine rings is 1. The zero-order valence-corrected chi connectivity index (χ0v) is 8.92. The summed E-state index contributed by atoms with van der Waals surface area (Å²) in [6, 6.07) is 6.47. The van der Waals surface area contributed by atoms with Crippen LogP contribution in [-0.2, 0) is 0 Å². The number of rotatable bonds is 1. The van der Waals surface area contributed by atoms with Gasteiger partial charge in [0.05, 0.1) is 0 Å². The minimum absolute atomic E-state index is 0.309. The molecule has 0 N–H and O–H groups in total. The van der Waals surface area contributed by atoms with Crippen LogP contribution in [-0.4, -0.2) is 4.98 Å². The summed E-state index contributed by atoms with van der Waals surface area (Å²) in [5.74, 6) is -0.309. The van der Waals surface area contributed by atoms with E-state index in [2.05, 4.69) is 4.98 Å². The minimum atomic E-state index is -0.309. The summed E-state index contributed by atoms with van der Waals surface area (Å²) >= 11 is 5.69. The van der Waals surface area contributed by atoms with E-state index in [1.165, 1.54) is 6.07 Å². The van der Waals surface area contributed by atoms with Crippen LogP contribution >= 0.6 is 11.6 Å². The number of hydrogen-bond donors (Lipinski definition) is 0. The standard InChI is InChI=1S/C12H9ClFN/c1-8-7-15-5-4-10(8)11-3-2-9(13)6-12(11)14/h2-7H,1H3. The molecule has 2 rings (SSSR count). The Labute approximate surface area is 92.5 Å². The smallest absolute Gasteiger partial charge is 0.132 e. The number of hydrogen-bond acceptors (Lipinski definition) is 1. The highest BCUT2D eigenvalue weighted by Gasteiger charge is 2.07. The van der Waals surface area contributed by atoms with Crippen LogP contribution in [0, 0.1) is 12.7 Å². The van der Waals surface area contributed by atoms with Crippen molar-refractivity contribution in [1.29, 1.82) is 0 Å². The van der Waals surface area contributed by atoms with Crippen LogP contribution in [0.25, 0.3) is 11.1 Å². The normalized spacial score (nSPS) is 10.3. The van der Waals surface area contributed by atoms with E-state index in [9.17, 15) is 4.39 Å². The molecule has 76 valence electrons. The Morgan fingerprint density at radius 1 is 1.20 bits per heavy atom. The second-order valence-electron chi connectivity index (χ2n) is 3.31. The molecule has 0 bridgehead atoms. The van der Waals surface area contributed by atoms with Gasteiger partial charge in [-0.15, -0.1) is 0 Å². The van der Waals surface area contributed by atoms with Gasteiger partial charge < -0.3 is 0 Å². The van der Waals surface area contributed by atoms with Gasteiger partial charge >= 0.3 is 0 Å². The number of aromatic nitrogens is 1. The molecule has 0 unspecified atom stereocenters. The number of halogens is 2. The Hall–Kier alpha value is -1.41. The van der Waals surface area contributed by atoms with Gasteiger partial charge in [0.2, 0.25) is 0 Å². The average molecular weight is 222 g/mol. The van der Waals surface area contributed by atoms with Crippen molar-refractivity contribution in [2.75, 3.05) is 0 Å². The van der Waals surface area contributed by atoms with Gasteiger partial charge in [-0.25, -0.2) is 4.39 Å². The lowest BCUT2D eigenvalue weighted by molar-refractivity contribution is 0.631. The summed E-state index contributed by atoms with van der Waals surface area (Å²) in [7, 11) is 0. The Bertz CT molecular complexity index is 497. The van der Waals surface area contributed by atoms with E-state index in [1.54, 1.807) is 30.6 Å². The largest absolute Gasteiger partial charge is 0.264 e. The van der Waals surface area contributed by atoms with E-state index in [0.717, 1.165) is 11.1 Å². The Kier molecular flexibility index (Phi) is 2.69. The van der Waals surface area contributed by atoms with Crippen LogP contribution in [0.1, 0.15) is 5.56 Å². The first kappa shape index (κ1) is 10.1.